The number of amides is 1. The molecular weight excluding hydrogens is 320 g/mol. The molecule has 24 heavy (non-hydrogen) atoms. The Hall–Kier alpha value is -1.85. The van der Waals surface area contributed by atoms with Crippen LogP contribution in [0.2, 0.25) is 0 Å². The van der Waals surface area contributed by atoms with Crippen LogP contribution >= 0.6 is 11.8 Å². The van der Waals surface area contributed by atoms with Crippen molar-refractivity contribution in [1.82, 2.24) is 9.88 Å². The van der Waals surface area contributed by atoms with Crippen molar-refractivity contribution in [3.05, 3.63) is 53.2 Å². The van der Waals surface area contributed by atoms with Crippen molar-refractivity contribution in [3.63, 3.8) is 0 Å². The first-order valence-electron chi connectivity index (χ1n) is 8.15. The van der Waals surface area contributed by atoms with E-state index >= 15 is 0 Å². The third-order valence-corrected chi connectivity index (χ3v) is 5.26. The minimum Gasteiger partial charge on any atom is -0.375 e. The van der Waals surface area contributed by atoms with Crippen molar-refractivity contribution in [2.75, 3.05) is 19.7 Å². The SMILES string of the molecule is Cc1ccc(C)c(Sc2ncccc2C(=O)N2CCO[C@H](C)C2)c1. The summed E-state index contributed by atoms with van der Waals surface area (Å²) in [6.07, 6.45) is 1.82. The fourth-order valence-corrected chi connectivity index (χ4v) is 3.79. The van der Waals surface area contributed by atoms with Gasteiger partial charge in [-0.25, -0.2) is 4.98 Å². The smallest absolute Gasteiger partial charge is 0.256 e. The van der Waals surface area contributed by atoms with Gasteiger partial charge >= 0.3 is 0 Å². The number of hydrogen-bond acceptors (Lipinski definition) is 4. The maximum Gasteiger partial charge on any atom is 0.256 e. The Balaban J connectivity index is 1.87. The quantitative estimate of drug-likeness (QED) is 0.853. The molecule has 2 aromatic rings. The molecule has 1 saturated heterocycles. The molecule has 0 N–H and O–H groups in total. The van der Waals surface area contributed by atoms with Crippen LogP contribution in [-0.4, -0.2) is 41.6 Å². The number of aryl methyl sites for hydroxylation is 2. The molecule has 0 unspecified atom stereocenters. The number of nitrogens with zero attached hydrogens (tertiary/aromatic N) is 2. The number of hydrogen-bond donors (Lipinski definition) is 0. The number of ether oxygens (including phenoxy) is 1. The van der Waals surface area contributed by atoms with Gasteiger partial charge in [0.1, 0.15) is 5.03 Å². The van der Waals surface area contributed by atoms with Crippen LogP contribution in [0.3, 0.4) is 0 Å². The lowest BCUT2D eigenvalue weighted by Gasteiger charge is -2.31. The predicted octanol–water partition coefficient (Wildman–Crippen LogP) is 3.71. The van der Waals surface area contributed by atoms with E-state index < -0.39 is 0 Å². The molecule has 1 aliphatic rings. The molecule has 1 aromatic carbocycles. The summed E-state index contributed by atoms with van der Waals surface area (Å²) in [7, 11) is 0. The van der Waals surface area contributed by atoms with Crippen LogP contribution in [0, 0.1) is 13.8 Å². The summed E-state index contributed by atoms with van der Waals surface area (Å²) < 4.78 is 5.53. The summed E-state index contributed by atoms with van der Waals surface area (Å²) >= 11 is 1.56. The van der Waals surface area contributed by atoms with E-state index in [0.29, 0.717) is 25.3 Å². The van der Waals surface area contributed by atoms with Crippen molar-refractivity contribution >= 4 is 17.7 Å². The van der Waals surface area contributed by atoms with Gasteiger partial charge < -0.3 is 9.64 Å². The maximum atomic E-state index is 12.9. The van der Waals surface area contributed by atoms with Gasteiger partial charge in [0.25, 0.3) is 5.91 Å². The number of benzene rings is 1. The number of morpholine rings is 1. The van der Waals surface area contributed by atoms with Crippen LogP contribution in [0.4, 0.5) is 0 Å². The molecule has 1 atom stereocenters. The van der Waals surface area contributed by atoms with Gasteiger partial charge in [-0.15, -0.1) is 0 Å². The Labute approximate surface area is 147 Å². The maximum absolute atomic E-state index is 12.9. The Morgan fingerprint density at radius 3 is 2.96 bits per heavy atom. The van der Waals surface area contributed by atoms with E-state index in [2.05, 4.69) is 37.0 Å². The van der Waals surface area contributed by atoms with Crippen LogP contribution in [0.25, 0.3) is 0 Å². The summed E-state index contributed by atoms with van der Waals surface area (Å²) in [4.78, 5) is 20.4. The molecule has 0 spiro atoms. The van der Waals surface area contributed by atoms with E-state index in [4.69, 9.17) is 4.74 Å². The van der Waals surface area contributed by atoms with Crippen molar-refractivity contribution < 1.29 is 9.53 Å². The standard InChI is InChI=1S/C19H22N2O2S/c1-13-6-7-14(2)17(11-13)24-18-16(5-4-8-20-18)19(22)21-9-10-23-15(3)12-21/h4-8,11,15H,9-10,12H2,1-3H3/t15-/m1/s1. The molecule has 0 bridgehead atoms. The van der Waals surface area contributed by atoms with E-state index in [9.17, 15) is 4.79 Å². The van der Waals surface area contributed by atoms with E-state index in [0.717, 1.165) is 9.92 Å². The molecule has 126 valence electrons. The summed E-state index contributed by atoms with van der Waals surface area (Å²) in [5, 5.41) is 0.760. The molecule has 1 amide bonds. The first-order valence-corrected chi connectivity index (χ1v) is 8.97. The molecule has 0 radical (unpaired) electrons. The third-order valence-electron chi connectivity index (χ3n) is 4.08. The molecule has 1 fully saturated rings. The molecule has 0 saturated carbocycles. The monoisotopic (exact) mass is 342 g/mol. The lowest BCUT2D eigenvalue weighted by atomic mass is 10.2. The second-order valence-electron chi connectivity index (χ2n) is 6.16. The van der Waals surface area contributed by atoms with Gasteiger partial charge in [0.05, 0.1) is 18.3 Å². The molecule has 0 aliphatic carbocycles. The molecule has 3 rings (SSSR count). The van der Waals surface area contributed by atoms with Gasteiger partial charge in [-0.1, -0.05) is 23.9 Å². The molecule has 1 aliphatic heterocycles. The predicted molar refractivity (Wildman–Crippen MR) is 95.6 cm³/mol. The number of rotatable bonds is 3. The van der Waals surface area contributed by atoms with Gasteiger partial charge in [-0.2, -0.15) is 0 Å². The minimum atomic E-state index is 0.0334. The van der Waals surface area contributed by atoms with Gasteiger partial charge in [0.2, 0.25) is 0 Å². The number of carbonyl (C=O) groups excluding carboxylic acids is 1. The second-order valence-corrected chi connectivity index (χ2v) is 7.19. The van der Waals surface area contributed by atoms with E-state index in [1.165, 1.54) is 11.1 Å². The first kappa shape index (κ1) is 17.0. The zero-order valence-electron chi connectivity index (χ0n) is 14.3. The molecule has 5 heteroatoms. The number of aromatic nitrogens is 1. The van der Waals surface area contributed by atoms with Crippen molar-refractivity contribution in [1.29, 1.82) is 0 Å². The van der Waals surface area contributed by atoms with Crippen LogP contribution < -0.4 is 0 Å². The van der Waals surface area contributed by atoms with E-state index in [-0.39, 0.29) is 12.0 Å². The molecule has 4 nitrogen and oxygen atoms in total. The Bertz CT molecular complexity index is 748. The minimum absolute atomic E-state index is 0.0334. The summed E-state index contributed by atoms with van der Waals surface area (Å²) in [5.41, 5.74) is 3.06. The van der Waals surface area contributed by atoms with Crippen LogP contribution in [0.5, 0.6) is 0 Å². The zero-order valence-corrected chi connectivity index (χ0v) is 15.1. The van der Waals surface area contributed by atoms with Gasteiger partial charge in [-0.3, -0.25) is 4.79 Å². The highest BCUT2D eigenvalue weighted by Crippen LogP contribution is 2.32. The fourth-order valence-electron chi connectivity index (χ4n) is 2.73. The fraction of sp³-hybridized carbons (Fsp3) is 0.368. The summed E-state index contributed by atoms with van der Waals surface area (Å²) in [6.45, 7) is 7.99. The Kier molecular flexibility index (Phi) is 5.21. The Morgan fingerprint density at radius 1 is 1.33 bits per heavy atom. The number of pyridine rings is 1. The molecule has 1 aromatic heterocycles. The zero-order chi connectivity index (χ0) is 17.1. The normalized spacial score (nSPS) is 17.8. The van der Waals surface area contributed by atoms with Crippen LogP contribution in [0.1, 0.15) is 28.4 Å². The van der Waals surface area contributed by atoms with E-state index in [1.807, 2.05) is 24.0 Å². The first-order chi connectivity index (χ1) is 11.5. The highest BCUT2D eigenvalue weighted by Gasteiger charge is 2.25. The topological polar surface area (TPSA) is 42.4 Å². The van der Waals surface area contributed by atoms with Gasteiger partial charge in [0.15, 0.2) is 0 Å². The molecular formula is C19H22N2O2S. The lowest BCUT2D eigenvalue weighted by Crippen LogP contribution is -2.44. The second kappa shape index (κ2) is 7.36. The van der Waals surface area contributed by atoms with Crippen molar-refractivity contribution in [2.24, 2.45) is 0 Å². The Morgan fingerprint density at radius 2 is 2.17 bits per heavy atom. The number of carbonyl (C=O) groups is 1. The van der Waals surface area contributed by atoms with E-state index in [1.54, 1.807) is 18.0 Å². The average Bonchev–Trinajstić information content (AvgIpc) is 2.58. The highest BCUT2D eigenvalue weighted by molar-refractivity contribution is 7.99. The largest absolute Gasteiger partial charge is 0.375 e. The third kappa shape index (κ3) is 3.79. The highest BCUT2D eigenvalue weighted by atomic mass is 32.2. The van der Waals surface area contributed by atoms with Gasteiger partial charge in [-0.05, 0) is 50.1 Å². The van der Waals surface area contributed by atoms with Crippen LogP contribution in [0.15, 0.2) is 46.5 Å². The summed E-state index contributed by atoms with van der Waals surface area (Å²) in [5.74, 6) is 0.0334. The summed E-state index contributed by atoms with van der Waals surface area (Å²) in [6, 6.07) is 10.0. The van der Waals surface area contributed by atoms with Crippen molar-refractivity contribution in [3.8, 4) is 0 Å². The average molecular weight is 342 g/mol. The lowest BCUT2D eigenvalue weighted by molar-refractivity contribution is -0.0125. The van der Waals surface area contributed by atoms with Crippen LogP contribution in [-0.2, 0) is 4.74 Å². The van der Waals surface area contributed by atoms with Gasteiger partial charge in [0, 0.05) is 24.2 Å². The van der Waals surface area contributed by atoms with Crippen molar-refractivity contribution in [2.45, 2.75) is 36.8 Å². The molecule has 2 heterocycles.